The number of thiophene rings is 1. The average molecular weight is 298 g/mol. The van der Waals surface area contributed by atoms with Crippen molar-refractivity contribution in [2.24, 2.45) is 0 Å². The van der Waals surface area contributed by atoms with Crippen LogP contribution in [0.2, 0.25) is 0 Å². The Kier molecular flexibility index (Phi) is 3.29. The fraction of sp³-hybridized carbons (Fsp3) is 0.364. The Hall–Kier alpha value is -1.38. The standard InChI is InChI=1S/C11H14N4O2S2/c16-19(17,15-10-5-13-14-6-10)11-3-8(7-18-11)4-12-9-1-2-9/h3,5-7,9,12,15H,1-2,4H2,(H,13,14). The molecule has 1 aliphatic carbocycles. The van der Waals surface area contributed by atoms with Crippen LogP contribution in [0.3, 0.4) is 0 Å². The van der Waals surface area contributed by atoms with E-state index in [-0.39, 0.29) is 0 Å². The molecular weight excluding hydrogens is 284 g/mol. The molecule has 0 unspecified atom stereocenters. The second-order valence-corrected chi connectivity index (χ2v) is 7.34. The Labute approximate surface area is 115 Å². The third-order valence-corrected chi connectivity index (χ3v) is 5.69. The number of nitrogens with one attached hydrogen (secondary N) is 3. The molecule has 0 bridgehead atoms. The number of aromatic nitrogens is 2. The summed E-state index contributed by atoms with van der Waals surface area (Å²) in [6.07, 6.45) is 5.37. The molecule has 0 saturated heterocycles. The van der Waals surface area contributed by atoms with Crippen LogP contribution in [0.1, 0.15) is 18.4 Å². The number of sulfonamides is 1. The van der Waals surface area contributed by atoms with Gasteiger partial charge in [0, 0.05) is 18.8 Å². The molecule has 0 spiro atoms. The molecule has 0 aliphatic heterocycles. The maximum atomic E-state index is 12.1. The van der Waals surface area contributed by atoms with E-state index in [0.717, 1.165) is 12.1 Å². The minimum Gasteiger partial charge on any atom is -0.310 e. The van der Waals surface area contributed by atoms with E-state index in [0.29, 0.717) is 15.9 Å². The number of rotatable bonds is 6. The quantitative estimate of drug-likeness (QED) is 0.754. The number of nitrogens with zero attached hydrogens (tertiary/aromatic N) is 1. The van der Waals surface area contributed by atoms with Crippen molar-refractivity contribution in [2.75, 3.05) is 4.72 Å². The molecule has 3 rings (SSSR count). The lowest BCUT2D eigenvalue weighted by molar-refractivity contribution is 0.603. The molecule has 0 aromatic carbocycles. The van der Waals surface area contributed by atoms with Crippen molar-refractivity contribution >= 4 is 27.0 Å². The summed E-state index contributed by atoms with van der Waals surface area (Å²) in [6.45, 7) is 0.725. The van der Waals surface area contributed by atoms with Crippen molar-refractivity contribution in [2.45, 2.75) is 29.6 Å². The number of hydrogen-bond acceptors (Lipinski definition) is 5. The molecule has 0 radical (unpaired) electrons. The highest BCUT2D eigenvalue weighted by atomic mass is 32.2. The zero-order valence-electron chi connectivity index (χ0n) is 10.1. The summed E-state index contributed by atoms with van der Waals surface area (Å²) in [7, 11) is -3.50. The molecule has 0 atom stereocenters. The van der Waals surface area contributed by atoms with Crippen molar-refractivity contribution < 1.29 is 8.42 Å². The Morgan fingerprint density at radius 2 is 2.32 bits per heavy atom. The van der Waals surface area contributed by atoms with E-state index in [4.69, 9.17) is 0 Å². The summed E-state index contributed by atoms with van der Waals surface area (Å²) in [5.41, 5.74) is 1.44. The summed E-state index contributed by atoms with van der Waals surface area (Å²) in [5.74, 6) is 0. The van der Waals surface area contributed by atoms with Gasteiger partial charge in [0.25, 0.3) is 10.0 Å². The molecule has 3 N–H and O–H groups in total. The topological polar surface area (TPSA) is 86.9 Å². The van der Waals surface area contributed by atoms with Crippen LogP contribution in [-0.2, 0) is 16.6 Å². The summed E-state index contributed by atoms with van der Waals surface area (Å²) >= 11 is 1.23. The lowest BCUT2D eigenvalue weighted by atomic mass is 10.3. The van der Waals surface area contributed by atoms with Crippen LogP contribution in [0.25, 0.3) is 0 Å². The van der Waals surface area contributed by atoms with Gasteiger partial charge in [0.05, 0.1) is 11.9 Å². The Morgan fingerprint density at radius 3 is 3.00 bits per heavy atom. The minimum atomic E-state index is -3.50. The van der Waals surface area contributed by atoms with Crippen molar-refractivity contribution in [1.29, 1.82) is 0 Å². The highest BCUT2D eigenvalue weighted by molar-refractivity contribution is 7.94. The van der Waals surface area contributed by atoms with Gasteiger partial charge in [0.2, 0.25) is 0 Å². The summed E-state index contributed by atoms with van der Waals surface area (Å²) in [5, 5.41) is 11.5. The van der Waals surface area contributed by atoms with Gasteiger partial charge in [-0.1, -0.05) is 0 Å². The van der Waals surface area contributed by atoms with Crippen LogP contribution in [0, 0.1) is 0 Å². The van der Waals surface area contributed by atoms with Crippen molar-refractivity contribution in [3.63, 3.8) is 0 Å². The van der Waals surface area contributed by atoms with Gasteiger partial charge < -0.3 is 5.32 Å². The number of aromatic amines is 1. The van der Waals surface area contributed by atoms with Gasteiger partial charge in [-0.25, -0.2) is 8.42 Å². The maximum absolute atomic E-state index is 12.1. The number of H-pyrrole nitrogens is 1. The SMILES string of the molecule is O=S(=O)(Nc1cn[nH]c1)c1cc(CNC2CC2)cs1. The molecule has 1 aliphatic rings. The van der Waals surface area contributed by atoms with Gasteiger partial charge in [0.1, 0.15) is 4.21 Å². The first-order valence-corrected chi connectivity index (χ1v) is 8.32. The zero-order chi connectivity index (χ0) is 13.3. The maximum Gasteiger partial charge on any atom is 0.271 e. The third kappa shape index (κ3) is 3.14. The van der Waals surface area contributed by atoms with Gasteiger partial charge in [-0.2, -0.15) is 5.10 Å². The Morgan fingerprint density at radius 1 is 1.47 bits per heavy atom. The van der Waals surface area contributed by atoms with Crippen molar-refractivity contribution in [3.05, 3.63) is 29.4 Å². The molecule has 2 aromatic heterocycles. The van der Waals surface area contributed by atoms with E-state index in [2.05, 4.69) is 20.2 Å². The molecule has 102 valence electrons. The second-order valence-electron chi connectivity index (χ2n) is 4.52. The van der Waals surface area contributed by atoms with Gasteiger partial charge >= 0.3 is 0 Å². The lowest BCUT2D eigenvalue weighted by Crippen LogP contribution is -2.15. The van der Waals surface area contributed by atoms with Gasteiger partial charge in [0.15, 0.2) is 0 Å². The van der Waals surface area contributed by atoms with Crippen LogP contribution < -0.4 is 10.0 Å². The zero-order valence-corrected chi connectivity index (χ0v) is 11.7. The average Bonchev–Trinajstić information content (AvgIpc) is 2.87. The van der Waals surface area contributed by atoms with Crippen LogP contribution in [-0.4, -0.2) is 24.7 Å². The molecule has 2 aromatic rings. The molecule has 2 heterocycles. The van der Waals surface area contributed by atoms with Crippen LogP contribution >= 0.6 is 11.3 Å². The second kappa shape index (κ2) is 4.95. The van der Waals surface area contributed by atoms with Crippen LogP contribution in [0.4, 0.5) is 5.69 Å². The van der Waals surface area contributed by atoms with Crippen molar-refractivity contribution in [3.8, 4) is 0 Å². The largest absolute Gasteiger partial charge is 0.310 e. The molecule has 8 heteroatoms. The Balaban J connectivity index is 1.69. The summed E-state index contributed by atoms with van der Waals surface area (Å²) in [6, 6.07) is 2.33. The van der Waals surface area contributed by atoms with Gasteiger partial charge in [-0.15, -0.1) is 11.3 Å². The fourth-order valence-corrected chi connectivity index (χ4v) is 3.89. The van der Waals surface area contributed by atoms with Gasteiger partial charge in [-0.3, -0.25) is 9.82 Å². The first kappa shape index (κ1) is 12.6. The Bertz CT molecular complexity index is 644. The number of anilines is 1. The first-order chi connectivity index (χ1) is 9.13. The molecule has 1 saturated carbocycles. The predicted octanol–water partition coefficient (Wildman–Crippen LogP) is 1.52. The summed E-state index contributed by atoms with van der Waals surface area (Å²) < 4.78 is 27.0. The van der Waals surface area contributed by atoms with E-state index in [1.54, 1.807) is 6.07 Å². The fourth-order valence-electron chi connectivity index (χ4n) is 1.65. The number of hydrogen-bond donors (Lipinski definition) is 3. The molecule has 1 fully saturated rings. The van der Waals surface area contributed by atoms with E-state index in [1.165, 1.54) is 36.6 Å². The highest BCUT2D eigenvalue weighted by Crippen LogP contribution is 2.24. The lowest BCUT2D eigenvalue weighted by Gasteiger charge is -2.02. The van der Waals surface area contributed by atoms with E-state index in [1.807, 2.05) is 5.38 Å². The van der Waals surface area contributed by atoms with E-state index in [9.17, 15) is 8.42 Å². The van der Waals surface area contributed by atoms with E-state index >= 15 is 0 Å². The first-order valence-electron chi connectivity index (χ1n) is 5.96. The molecule has 6 nitrogen and oxygen atoms in total. The molecule has 19 heavy (non-hydrogen) atoms. The third-order valence-electron chi connectivity index (χ3n) is 2.82. The molecule has 0 amide bonds. The monoisotopic (exact) mass is 298 g/mol. The smallest absolute Gasteiger partial charge is 0.271 e. The normalized spacial score (nSPS) is 15.6. The minimum absolute atomic E-state index is 0.321. The predicted molar refractivity (Wildman–Crippen MR) is 73.6 cm³/mol. The van der Waals surface area contributed by atoms with E-state index < -0.39 is 10.0 Å². The van der Waals surface area contributed by atoms with Crippen molar-refractivity contribution in [1.82, 2.24) is 15.5 Å². The van der Waals surface area contributed by atoms with Gasteiger partial charge in [-0.05, 0) is 29.9 Å². The summed E-state index contributed by atoms with van der Waals surface area (Å²) in [4.78, 5) is 0. The highest BCUT2D eigenvalue weighted by Gasteiger charge is 2.21. The molecular formula is C11H14N4O2S2. The van der Waals surface area contributed by atoms with Crippen LogP contribution in [0.5, 0.6) is 0 Å². The van der Waals surface area contributed by atoms with Crippen LogP contribution in [0.15, 0.2) is 28.0 Å².